The fraction of sp³-hybridized carbons (Fsp3) is 0.500. The van der Waals surface area contributed by atoms with E-state index in [1.54, 1.807) is 5.48 Å². The third-order valence-electron chi connectivity index (χ3n) is 9.88. The van der Waals surface area contributed by atoms with E-state index in [0.717, 1.165) is 31.2 Å². The first-order valence-electron chi connectivity index (χ1n) is 14.7. The van der Waals surface area contributed by atoms with Crippen molar-refractivity contribution in [2.24, 2.45) is 5.41 Å². The average Bonchev–Trinajstić information content (AvgIpc) is 3.67. The summed E-state index contributed by atoms with van der Waals surface area (Å²) in [5.74, 6) is 0.361. The molecule has 1 aromatic heterocycles. The summed E-state index contributed by atoms with van der Waals surface area (Å²) in [6.45, 7) is 5.26. The summed E-state index contributed by atoms with van der Waals surface area (Å²) in [6.07, 6.45) is 7.86. The predicted molar refractivity (Wildman–Crippen MR) is 149 cm³/mol. The summed E-state index contributed by atoms with van der Waals surface area (Å²) in [4.78, 5) is 28.8. The molecule has 7 heteroatoms. The molecule has 0 radical (unpaired) electrons. The van der Waals surface area contributed by atoms with E-state index in [1.807, 2.05) is 17.0 Å². The van der Waals surface area contributed by atoms with Crippen LogP contribution in [-0.2, 0) is 22.5 Å². The number of benzene rings is 2. The van der Waals surface area contributed by atoms with E-state index in [1.165, 1.54) is 52.6 Å². The zero-order valence-corrected chi connectivity index (χ0v) is 22.7. The van der Waals surface area contributed by atoms with Gasteiger partial charge in [0.05, 0.1) is 24.3 Å². The molecule has 0 spiro atoms. The Kier molecular flexibility index (Phi) is 6.05. The van der Waals surface area contributed by atoms with Crippen molar-refractivity contribution >= 4 is 22.7 Å². The molecule has 2 saturated carbocycles. The molecule has 2 amide bonds. The number of nitrogens with one attached hydrogen (secondary N) is 1. The van der Waals surface area contributed by atoms with Gasteiger partial charge in [-0.2, -0.15) is 0 Å². The Hall–Kier alpha value is -3.16. The van der Waals surface area contributed by atoms with Crippen LogP contribution in [0.5, 0.6) is 0 Å². The minimum absolute atomic E-state index is 0.187. The van der Waals surface area contributed by atoms with Crippen molar-refractivity contribution in [3.05, 3.63) is 58.7 Å². The van der Waals surface area contributed by atoms with E-state index >= 15 is 0 Å². The number of aryl methyl sites for hydroxylation is 1. The lowest BCUT2D eigenvalue weighted by molar-refractivity contribution is -0.141. The van der Waals surface area contributed by atoms with Crippen molar-refractivity contribution in [2.75, 3.05) is 26.3 Å². The van der Waals surface area contributed by atoms with Crippen LogP contribution >= 0.6 is 0 Å². The van der Waals surface area contributed by atoms with Crippen molar-refractivity contribution in [3.8, 4) is 11.3 Å². The van der Waals surface area contributed by atoms with Gasteiger partial charge in [0.25, 0.3) is 5.91 Å². The number of carbonyl (C=O) groups excluding carboxylic acids is 2. The van der Waals surface area contributed by atoms with E-state index in [-0.39, 0.29) is 11.8 Å². The second-order valence-corrected chi connectivity index (χ2v) is 11.9. The number of amides is 2. The molecule has 1 saturated heterocycles. The highest BCUT2D eigenvalue weighted by Crippen LogP contribution is 2.66. The molecule has 4 aliphatic rings. The molecule has 7 nitrogen and oxygen atoms in total. The summed E-state index contributed by atoms with van der Waals surface area (Å²) in [6, 6.07) is 12.7. The van der Waals surface area contributed by atoms with Crippen molar-refractivity contribution in [2.45, 2.75) is 70.3 Å². The fourth-order valence-corrected chi connectivity index (χ4v) is 7.73. The Morgan fingerprint density at radius 2 is 1.87 bits per heavy atom. The van der Waals surface area contributed by atoms with Crippen LogP contribution in [0.4, 0.5) is 0 Å². The monoisotopic (exact) mass is 527 g/mol. The summed E-state index contributed by atoms with van der Waals surface area (Å²) in [5, 5.41) is 10.5. The Balaban J connectivity index is 1.48. The van der Waals surface area contributed by atoms with Crippen molar-refractivity contribution in [1.82, 2.24) is 14.9 Å². The summed E-state index contributed by atoms with van der Waals surface area (Å²) in [7, 11) is 0. The van der Waals surface area contributed by atoms with Gasteiger partial charge < -0.3 is 14.2 Å². The Labute approximate surface area is 229 Å². The molecule has 2 atom stereocenters. The lowest BCUT2D eigenvalue weighted by Crippen LogP contribution is -2.45. The zero-order chi connectivity index (χ0) is 26.7. The van der Waals surface area contributed by atoms with Gasteiger partial charge in [-0.25, -0.2) is 5.48 Å². The van der Waals surface area contributed by atoms with E-state index in [4.69, 9.17) is 4.74 Å². The normalized spacial score (nSPS) is 24.5. The number of morpholine rings is 1. The molecule has 204 valence electrons. The van der Waals surface area contributed by atoms with E-state index < -0.39 is 11.3 Å². The first kappa shape index (κ1) is 24.9. The number of ether oxygens (including phenoxy) is 1. The molecule has 2 aromatic carbocycles. The largest absolute Gasteiger partial charge is 0.378 e. The van der Waals surface area contributed by atoms with E-state index in [9.17, 15) is 14.8 Å². The highest BCUT2D eigenvalue weighted by Gasteiger charge is 2.63. The standard InChI is InChI=1S/C32H37N3O4/c1-2-20-8-10-23-25(16-20)26-18-32(26,31(37)34-12-14-39-15-13-34)19-35-27-17-22(30(36)33-38)9-11-24(27)28(29(23)35)21-6-4-3-5-7-21/h8-11,16-17,21,26,38H,2-7,12-15,18-19H2,1H3,(H,33,36). The Bertz CT molecular complexity index is 1460. The molecule has 39 heavy (non-hydrogen) atoms. The van der Waals surface area contributed by atoms with Crippen LogP contribution < -0.4 is 5.48 Å². The van der Waals surface area contributed by atoms with E-state index in [2.05, 4.69) is 35.8 Å². The van der Waals surface area contributed by atoms with Crippen molar-refractivity contribution < 1.29 is 19.5 Å². The van der Waals surface area contributed by atoms with Gasteiger partial charge in [-0.1, -0.05) is 50.5 Å². The third kappa shape index (κ3) is 3.85. The topological polar surface area (TPSA) is 83.8 Å². The molecule has 2 N–H and O–H groups in total. The minimum atomic E-state index is -0.517. The molecule has 3 aromatic rings. The number of rotatable bonds is 4. The van der Waals surface area contributed by atoms with Crippen LogP contribution in [0.15, 0.2) is 36.4 Å². The van der Waals surface area contributed by atoms with Gasteiger partial charge in [-0.3, -0.25) is 14.8 Å². The first-order valence-corrected chi connectivity index (χ1v) is 14.7. The number of hydrogen-bond acceptors (Lipinski definition) is 4. The molecular weight excluding hydrogens is 490 g/mol. The maximum Gasteiger partial charge on any atom is 0.274 e. The quantitative estimate of drug-likeness (QED) is 0.352. The minimum Gasteiger partial charge on any atom is -0.378 e. The van der Waals surface area contributed by atoms with Gasteiger partial charge in [-0.15, -0.1) is 0 Å². The molecule has 0 bridgehead atoms. The van der Waals surface area contributed by atoms with Crippen LogP contribution in [0.2, 0.25) is 0 Å². The molecular formula is C32H37N3O4. The van der Waals surface area contributed by atoms with Crippen LogP contribution in [-0.4, -0.2) is 52.8 Å². The molecule has 3 fully saturated rings. The summed E-state index contributed by atoms with van der Waals surface area (Å²) < 4.78 is 7.93. The number of carbonyl (C=O) groups is 2. The highest BCUT2D eigenvalue weighted by molar-refractivity contribution is 6.01. The van der Waals surface area contributed by atoms with Crippen molar-refractivity contribution in [1.29, 1.82) is 0 Å². The number of hydrogen-bond donors (Lipinski definition) is 2. The molecule has 3 heterocycles. The molecule has 2 aliphatic heterocycles. The fourth-order valence-electron chi connectivity index (χ4n) is 7.73. The molecule has 7 rings (SSSR count). The smallest absolute Gasteiger partial charge is 0.274 e. The SMILES string of the molecule is CCc1ccc2c(c1)C1CC1(C(=O)N1CCOCC1)Cn1c-2c(C2CCCCC2)c2ccc(C(=O)NO)cc21. The van der Waals surface area contributed by atoms with Crippen LogP contribution in [0.1, 0.15) is 84.3 Å². The summed E-state index contributed by atoms with van der Waals surface area (Å²) in [5.41, 5.74) is 9.19. The van der Waals surface area contributed by atoms with E-state index in [0.29, 0.717) is 44.3 Å². The number of nitrogens with zero attached hydrogens (tertiary/aromatic N) is 2. The maximum absolute atomic E-state index is 14.3. The second kappa shape index (κ2) is 9.49. The van der Waals surface area contributed by atoms with Gasteiger partial charge in [0.1, 0.15) is 0 Å². The number of aromatic nitrogens is 1. The predicted octanol–water partition coefficient (Wildman–Crippen LogP) is 5.38. The van der Waals surface area contributed by atoms with Gasteiger partial charge >= 0.3 is 0 Å². The third-order valence-corrected chi connectivity index (χ3v) is 9.88. The number of fused-ring (bicyclic) bond motifs is 7. The van der Waals surface area contributed by atoms with Crippen LogP contribution in [0.3, 0.4) is 0 Å². The molecule has 2 aliphatic carbocycles. The van der Waals surface area contributed by atoms with Gasteiger partial charge in [-0.05, 0) is 60.4 Å². The maximum atomic E-state index is 14.3. The van der Waals surface area contributed by atoms with Gasteiger partial charge in [0, 0.05) is 47.6 Å². The van der Waals surface area contributed by atoms with Gasteiger partial charge in [0.15, 0.2) is 0 Å². The number of hydroxylamine groups is 1. The lowest BCUT2D eigenvalue weighted by Gasteiger charge is -2.31. The van der Waals surface area contributed by atoms with Crippen LogP contribution in [0.25, 0.3) is 22.2 Å². The average molecular weight is 528 g/mol. The zero-order valence-electron chi connectivity index (χ0n) is 22.7. The Morgan fingerprint density at radius 1 is 1.08 bits per heavy atom. The second-order valence-electron chi connectivity index (χ2n) is 11.9. The van der Waals surface area contributed by atoms with Gasteiger partial charge in [0.2, 0.25) is 5.91 Å². The van der Waals surface area contributed by atoms with Crippen LogP contribution in [0, 0.1) is 5.41 Å². The Morgan fingerprint density at radius 3 is 2.62 bits per heavy atom. The highest BCUT2D eigenvalue weighted by atomic mass is 16.5. The lowest BCUT2D eigenvalue weighted by atomic mass is 9.81. The van der Waals surface area contributed by atoms with Crippen molar-refractivity contribution in [3.63, 3.8) is 0 Å². The first-order chi connectivity index (χ1) is 19.1. The molecule has 2 unspecified atom stereocenters. The summed E-state index contributed by atoms with van der Waals surface area (Å²) >= 11 is 0.